The van der Waals surface area contributed by atoms with Crippen LogP contribution in [0.2, 0.25) is 0 Å². The summed E-state index contributed by atoms with van der Waals surface area (Å²) in [6.45, 7) is 0.611. The smallest absolute Gasteiger partial charge is 0.329 e. The maximum atomic E-state index is 11.8. The molecular formula is C11H21N3O6S. The number of rotatable bonds is 7. The van der Waals surface area contributed by atoms with Gasteiger partial charge in [-0.1, -0.05) is 0 Å². The highest BCUT2D eigenvalue weighted by Gasteiger charge is 2.23. The van der Waals surface area contributed by atoms with Gasteiger partial charge in [-0.3, -0.25) is 0 Å². The zero-order valence-corrected chi connectivity index (χ0v) is 12.7. The zero-order valence-electron chi connectivity index (χ0n) is 11.9. The fourth-order valence-electron chi connectivity index (χ4n) is 1.92. The van der Waals surface area contributed by atoms with Crippen LogP contribution in [0.25, 0.3) is 0 Å². The van der Waals surface area contributed by atoms with Gasteiger partial charge in [0.15, 0.2) is 0 Å². The van der Waals surface area contributed by atoms with E-state index in [1.54, 1.807) is 4.90 Å². The molecule has 3 N–H and O–H groups in total. The fourth-order valence-corrected chi connectivity index (χ4v) is 2.50. The number of nitrogens with zero attached hydrogens (tertiary/aromatic N) is 1. The molecule has 0 saturated carbocycles. The van der Waals surface area contributed by atoms with Gasteiger partial charge in [0.25, 0.3) is 0 Å². The number of hydrogen-bond donors (Lipinski definition) is 3. The maximum Gasteiger partial charge on any atom is 0.329 e. The molecule has 0 spiro atoms. The Kier molecular flexibility index (Phi) is 6.85. The summed E-state index contributed by atoms with van der Waals surface area (Å²) in [5.41, 5.74) is 0. The molecule has 0 radical (unpaired) electrons. The van der Waals surface area contributed by atoms with E-state index in [1.165, 1.54) is 7.05 Å². The minimum absolute atomic E-state index is 0.0391. The molecule has 1 fully saturated rings. The van der Waals surface area contributed by atoms with Gasteiger partial charge in [0.1, 0.15) is 6.61 Å². The molecule has 0 unspecified atom stereocenters. The van der Waals surface area contributed by atoms with Crippen LogP contribution in [0.3, 0.4) is 0 Å². The van der Waals surface area contributed by atoms with Gasteiger partial charge in [-0.25, -0.2) is 22.7 Å². The topological polar surface area (TPSA) is 125 Å². The van der Waals surface area contributed by atoms with Crippen LogP contribution in [0, 0.1) is 0 Å². The highest BCUT2D eigenvalue weighted by molar-refractivity contribution is 7.89. The number of urea groups is 1. The summed E-state index contributed by atoms with van der Waals surface area (Å²) in [6, 6.07) is -0.321. The Hall–Kier alpha value is -1.39. The van der Waals surface area contributed by atoms with Crippen LogP contribution >= 0.6 is 0 Å². The van der Waals surface area contributed by atoms with Crippen LogP contribution in [-0.2, 0) is 19.6 Å². The van der Waals surface area contributed by atoms with Gasteiger partial charge in [-0.15, -0.1) is 0 Å². The van der Waals surface area contributed by atoms with Crippen LogP contribution in [0.1, 0.15) is 12.8 Å². The summed E-state index contributed by atoms with van der Waals surface area (Å²) < 4.78 is 29.7. The quantitative estimate of drug-likeness (QED) is 0.541. The normalized spacial score (nSPS) is 16.7. The van der Waals surface area contributed by atoms with Gasteiger partial charge in [0.2, 0.25) is 10.0 Å². The fraction of sp³-hybridized carbons (Fsp3) is 0.818. The van der Waals surface area contributed by atoms with E-state index >= 15 is 0 Å². The monoisotopic (exact) mass is 323 g/mol. The molecule has 0 aromatic carbocycles. The molecule has 0 atom stereocenters. The van der Waals surface area contributed by atoms with Crippen LogP contribution in [0.15, 0.2) is 0 Å². The van der Waals surface area contributed by atoms with Crippen molar-refractivity contribution in [2.45, 2.75) is 18.9 Å². The van der Waals surface area contributed by atoms with Crippen LogP contribution in [0.4, 0.5) is 4.79 Å². The Bertz CT molecular complexity index is 459. The van der Waals surface area contributed by atoms with Gasteiger partial charge in [-0.2, -0.15) is 0 Å². The van der Waals surface area contributed by atoms with Crippen molar-refractivity contribution in [2.24, 2.45) is 0 Å². The molecule has 21 heavy (non-hydrogen) atoms. The van der Waals surface area contributed by atoms with E-state index in [-0.39, 0.29) is 31.0 Å². The first-order valence-corrected chi connectivity index (χ1v) is 8.26. The molecule has 9 nitrogen and oxygen atoms in total. The second-order valence-corrected chi connectivity index (χ2v) is 6.69. The van der Waals surface area contributed by atoms with E-state index in [2.05, 4.69) is 10.0 Å². The summed E-state index contributed by atoms with van der Waals surface area (Å²) in [4.78, 5) is 23.8. The second kappa shape index (κ2) is 8.15. The Balaban J connectivity index is 2.24. The highest BCUT2D eigenvalue weighted by Crippen LogP contribution is 2.13. The molecule has 0 aliphatic carbocycles. The summed E-state index contributed by atoms with van der Waals surface area (Å²) in [5, 5.41) is 11.1. The number of piperidine rings is 1. The van der Waals surface area contributed by atoms with Crippen molar-refractivity contribution >= 4 is 22.0 Å². The average molecular weight is 323 g/mol. The van der Waals surface area contributed by atoms with Gasteiger partial charge >= 0.3 is 12.0 Å². The minimum atomic E-state index is -3.33. The molecule has 1 saturated heterocycles. The maximum absolute atomic E-state index is 11.8. The first-order valence-electron chi connectivity index (χ1n) is 6.61. The third-order valence-corrected chi connectivity index (χ3v) is 4.49. The van der Waals surface area contributed by atoms with E-state index in [1.807, 2.05) is 0 Å². The predicted molar refractivity (Wildman–Crippen MR) is 74.4 cm³/mol. The average Bonchev–Trinajstić information content (AvgIpc) is 2.45. The lowest BCUT2D eigenvalue weighted by Gasteiger charge is -2.31. The number of amides is 2. The van der Waals surface area contributed by atoms with Crippen molar-refractivity contribution in [1.29, 1.82) is 0 Å². The summed E-state index contributed by atoms with van der Waals surface area (Å²) >= 11 is 0. The Labute approximate surface area is 123 Å². The van der Waals surface area contributed by atoms with Gasteiger partial charge in [0, 0.05) is 19.6 Å². The number of nitrogens with one attached hydrogen (secondary N) is 2. The van der Waals surface area contributed by atoms with Crippen molar-refractivity contribution in [3.8, 4) is 0 Å². The zero-order chi connectivity index (χ0) is 15.9. The number of aliphatic carboxylic acids is 1. The number of sulfonamides is 1. The standard InChI is InChI=1S/C11H21N3O6S/c1-12-21(18,19)7-4-13-11(17)14-5-2-9(3-6-14)20-8-10(15)16/h9,12H,2-8H2,1H3,(H,13,17)(H,15,16). The van der Waals surface area contributed by atoms with E-state index in [0.717, 1.165) is 0 Å². The van der Waals surface area contributed by atoms with E-state index in [0.29, 0.717) is 25.9 Å². The predicted octanol–water partition coefficient (Wildman–Crippen LogP) is -1.19. The second-order valence-electron chi connectivity index (χ2n) is 4.65. The van der Waals surface area contributed by atoms with Crippen molar-refractivity contribution in [1.82, 2.24) is 14.9 Å². The van der Waals surface area contributed by atoms with Crippen LogP contribution < -0.4 is 10.0 Å². The van der Waals surface area contributed by atoms with Gasteiger partial charge in [-0.05, 0) is 19.9 Å². The van der Waals surface area contributed by atoms with Crippen LogP contribution in [-0.4, -0.2) is 75.6 Å². The molecular weight excluding hydrogens is 302 g/mol. The third kappa shape index (κ3) is 6.74. The Morgan fingerprint density at radius 3 is 2.48 bits per heavy atom. The van der Waals surface area contributed by atoms with Crippen molar-refractivity contribution in [3.05, 3.63) is 0 Å². The van der Waals surface area contributed by atoms with E-state index in [9.17, 15) is 18.0 Å². The highest BCUT2D eigenvalue weighted by atomic mass is 32.2. The number of likely N-dealkylation sites (tertiary alicyclic amines) is 1. The minimum Gasteiger partial charge on any atom is -0.480 e. The molecule has 1 aliphatic rings. The van der Waals surface area contributed by atoms with E-state index < -0.39 is 16.0 Å². The molecule has 1 rings (SSSR count). The third-order valence-electron chi connectivity index (χ3n) is 3.13. The summed E-state index contributed by atoms with van der Waals surface area (Å²) in [5.74, 6) is -1.19. The molecule has 122 valence electrons. The lowest BCUT2D eigenvalue weighted by atomic mass is 10.1. The van der Waals surface area contributed by atoms with E-state index in [4.69, 9.17) is 9.84 Å². The molecule has 1 heterocycles. The SMILES string of the molecule is CNS(=O)(=O)CCNC(=O)N1CCC(OCC(=O)O)CC1. The van der Waals surface area contributed by atoms with Crippen molar-refractivity contribution < 1.29 is 27.9 Å². The van der Waals surface area contributed by atoms with Gasteiger partial charge in [0.05, 0.1) is 11.9 Å². The number of carboxylic acids is 1. The molecule has 0 aromatic heterocycles. The molecule has 10 heteroatoms. The van der Waals surface area contributed by atoms with Gasteiger partial charge < -0.3 is 20.1 Å². The lowest BCUT2D eigenvalue weighted by Crippen LogP contribution is -2.47. The number of carbonyl (C=O) groups is 2. The molecule has 0 aromatic rings. The first-order chi connectivity index (χ1) is 9.84. The Morgan fingerprint density at radius 2 is 1.95 bits per heavy atom. The first kappa shape index (κ1) is 17.7. The van der Waals surface area contributed by atoms with Crippen LogP contribution in [0.5, 0.6) is 0 Å². The number of hydrogen-bond acceptors (Lipinski definition) is 5. The largest absolute Gasteiger partial charge is 0.480 e. The van der Waals surface area contributed by atoms with Crippen molar-refractivity contribution in [2.75, 3.05) is 39.0 Å². The summed E-state index contributed by atoms with van der Waals surface area (Å²) in [7, 11) is -2.01. The number of carboxylic acid groups (broad SMARTS) is 1. The number of ether oxygens (including phenoxy) is 1. The molecule has 0 bridgehead atoms. The summed E-state index contributed by atoms with van der Waals surface area (Å²) in [6.07, 6.45) is 0.972. The number of carbonyl (C=O) groups excluding carboxylic acids is 1. The molecule has 1 aliphatic heterocycles. The van der Waals surface area contributed by atoms with Crippen molar-refractivity contribution in [3.63, 3.8) is 0 Å². The Morgan fingerprint density at radius 1 is 1.33 bits per heavy atom. The lowest BCUT2D eigenvalue weighted by molar-refractivity contribution is -0.145. The molecule has 2 amide bonds.